The van der Waals surface area contributed by atoms with Crippen LogP contribution in [0.3, 0.4) is 0 Å². The van der Waals surface area contributed by atoms with Crippen molar-refractivity contribution in [2.75, 3.05) is 0 Å². The third-order valence-corrected chi connectivity index (χ3v) is 103. The van der Waals surface area contributed by atoms with Gasteiger partial charge in [-0.05, 0) is 0 Å². The zero-order valence-electron chi connectivity index (χ0n) is 60.6. The summed E-state index contributed by atoms with van der Waals surface area (Å²) >= 11 is -1.00. The summed E-state index contributed by atoms with van der Waals surface area (Å²) in [7, 11) is -12.5. The molecule has 0 saturated carbocycles. The van der Waals surface area contributed by atoms with Crippen LogP contribution in [0.4, 0.5) is 0 Å². The molecule has 0 aliphatic carbocycles. The average molecular weight is 1370 g/mol. The quantitative estimate of drug-likeness (QED) is 0.0533. The van der Waals surface area contributed by atoms with Crippen LogP contribution in [0.2, 0.25) is 106 Å². The molecule has 0 aliphatic heterocycles. The van der Waals surface area contributed by atoms with Gasteiger partial charge in [0.2, 0.25) is 0 Å². The first-order valence-electron chi connectivity index (χ1n) is 39.0. The summed E-state index contributed by atoms with van der Waals surface area (Å²) in [6, 6.07) is 32.3. The Morgan fingerprint density at radius 3 is 0.284 bits per heavy atom. The van der Waals surface area contributed by atoms with E-state index in [0.29, 0.717) is 0 Å². The molecule has 488 valence electrons. The maximum atomic E-state index is 2.71. The van der Waals surface area contributed by atoms with E-state index in [2.05, 4.69) is 125 Å². The van der Waals surface area contributed by atoms with Gasteiger partial charge in [0.05, 0.1) is 0 Å². The summed E-state index contributed by atoms with van der Waals surface area (Å²) in [6.45, 7) is 48.8. The average Bonchev–Trinajstić information content (AvgIpc) is 3.50. The molecule has 0 rings (SSSR count). The van der Waals surface area contributed by atoms with Crippen LogP contribution in [0.5, 0.6) is 0 Å². The molecule has 0 spiro atoms. The molecular formula is C74H162EuSi6+. The summed E-state index contributed by atoms with van der Waals surface area (Å²) in [5, 5.41) is 0. The van der Waals surface area contributed by atoms with E-state index in [1.165, 1.54) is 116 Å². The van der Waals surface area contributed by atoms with Crippen molar-refractivity contribution >= 4 is 48.4 Å². The van der Waals surface area contributed by atoms with Crippen molar-refractivity contribution in [1.82, 2.24) is 0 Å². The van der Waals surface area contributed by atoms with Gasteiger partial charge in [0.15, 0.2) is 0 Å². The van der Waals surface area contributed by atoms with Gasteiger partial charge in [-0.25, -0.2) is 0 Å². The number of hydrogen-bond donors (Lipinski definition) is 0. The van der Waals surface area contributed by atoms with Crippen molar-refractivity contribution in [3.05, 3.63) is 0 Å². The monoisotopic (exact) mass is 1370 g/mol. The fourth-order valence-corrected chi connectivity index (χ4v) is 132. The minimum atomic E-state index is -2.08. The van der Waals surface area contributed by atoms with Gasteiger partial charge < -0.3 is 0 Å². The summed E-state index contributed by atoms with van der Waals surface area (Å²) < 4.78 is 1.78. The van der Waals surface area contributed by atoms with E-state index in [9.17, 15) is 0 Å². The van der Waals surface area contributed by atoms with Gasteiger partial charge >= 0.3 is 555 Å². The fraction of sp³-hybridized carbons (Fsp3) is 1.00. The van der Waals surface area contributed by atoms with Crippen molar-refractivity contribution in [2.45, 2.75) is 462 Å². The van der Waals surface area contributed by atoms with E-state index >= 15 is 0 Å². The minimum absolute atomic E-state index is 0.889. The van der Waals surface area contributed by atoms with Gasteiger partial charge in [-0.3, -0.25) is 0 Å². The van der Waals surface area contributed by atoms with E-state index < -0.39 is 93.1 Å². The Labute approximate surface area is 549 Å². The Balaban J connectivity index is 12.7. The molecule has 0 aromatic carbocycles. The third kappa shape index (κ3) is 23.2. The Morgan fingerprint density at radius 1 is 0.148 bits per heavy atom. The number of unbranched alkanes of at least 4 members (excludes halogenated alkanes) is 18. The molecule has 81 heavy (non-hydrogen) atoms. The Hall–Kier alpha value is 2.89. The van der Waals surface area contributed by atoms with E-state index in [-0.39, 0.29) is 0 Å². The second-order valence-corrected chi connectivity index (χ2v) is 72.0. The molecular weight excluding hydrogens is 1210 g/mol. The van der Waals surface area contributed by atoms with Crippen LogP contribution in [0.1, 0.15) is 356 Å². The Morgan fingerprint density at radius 2 is 0.222 bits per heavy atom. The Kier molecular flexibility index (Phi) is 51.3. The molecule has 0 aromatic heterocycles. The van der Waals surface area contributed by atoms with Crippen molar-refractivity contribution in [3.63, 3.8) is 0 Å². The topological polar surface area (TPSA) is 0 Å². The molecule has 0 fully saturated rings. The summed E-state index contributed by atoms with van der Waals surface area (Å²) in [5.41, 5.74) is 0. The van der Waals surface area contributed by atoms with Crippen LogP contribution in [0.25, 0.3) is 0 Å². The molecule has 0 aromatic rings. The zero-order valence-corrected chi connectivity index (χ0v) is 69.0. The van der Waals surface area contributed by atoms with Crippen LogP contribution >= 0.6 is 0 Å². The van der Waals surface area contributed by atoms with Crippen LogP contribution < -0.4 is 0 Å². The van der Waals surface area contributed by atoms with Gasteiger partial charge in [0, 0.05) is 0 Å². The molecule has 0 amide bonds. The first kappa shape index (κ1) is 83.9. The second kappa shape index (κ2) is 49.6. The fourth-order valence-electron chi connectivity index (χ4n) is 18.8. The Bertz CT molecular complexity index is 1010. The molecule has 0 nitrogen and oxygen atoms in total. The molecule has 0 aliphatic rings. The van der Waals surface area contributed by atoms with Crippen LogP contribution in [0, 0.1) is 44.6 Å². The van der Waals surface area contributed by atoms with E-state index in [4.69, 9.17) is 0 Å². The zero-order chi connectivity index (χ0) is 60.9. The van der Waals surface area contributed by atoms with Crippen molar-refractivity contribution < 1.29 is 44.6 Å². The predicted octanol–water partition coefficient (Wildman–Crippen LogP) is 29.7. The normalized spacial score (nSPS) is 13.6. The molecule has 0 radical (unpaired) electrons. The first-order chi connectivity index (χ1) is 39.3. The van der Waals surface area contributed by atoms with E-state index in [0.717, 1.165) is -2.64 Å². The molecule has 0 bridgehead atoms. The van der Waals surface area contributed by atoms with Gasteiger partial charge in [0.1, 0.15) is 0 Å². The molecule has 7 heteroatoms. The van der Waals surface area contributed by atoms with Gasteiger partial charge in [0.25, 0.3) is 0 Å². The summed E-state index contributed by atoms with van der Waals surface area (Å²) in [5.74, 6) is 0. The summed E-state index contributed by atoms with van der Waals surface area (Å²) in [6.07, 6.45) is 55.1. The van der Waals surface area contributed by atoms with E-state index in [1.54, 1.807) is 224 Å². The molecule has 0 N–H and O–H groups in total. The predicted molar refractivity (Wildman–Crippen MR) is 395 cm³/mol. The molecule has 0 atom stereocenters. The third-order valence-electron chi connectivity index (χ3n) is 22.8. The second-order valence-electron chi connectivity index (χ2n) is 29.0. The van der Waals surface area contributed by atoms with Crippen LogP contribution in [-0.2, 0) is 0 Å². The molecule has 0 heterocycles. The number of hydrogen-bond acceptors (Lipinski definition) is 0. The first-order valence-corrected chi connectivity index (χ1v) is 57.1. The summed E-state index contributed by atoms with van der Waals surface area (Å²) in [4.78, 5) is 0. The SMILES string of the molecule is CCCC[Si](CCCC)(CCCC)[C]([Eu+][C]([Si](CCCC)(CCCC)CCCC)([Si](CCCC)(CCCC)CCCC)[Si](CCCC)(CCCC)CCCC)([Si](CCCC)(CCCC)CCCC)[Si](CCCC)(CCCC)CCCC. The van der Waals surface area contributed by atoms with Crippen molar-refractivity contribution in [3.8, 4) is 0 Å². The van der Waals surface area contributed by atoms with Crippen molar-refractivity contribution in [2.24, 2.45) is 0 Å². The van der Waals surface area contributed by atoms with Crippen LogP contribution in [-0.4, -0.2) is 48.4 Å². The van der Waals surface area contributed by atoms with Gasteiger partial charge in [-0.15, -0.1) is 0 Å². The van der Waals surface area contributed by atoms with Crippen molar-refractivity contribution in [1.29, 1.82) is 0 Å². The number of rotatable bonds is 62. The van der Waals surface area contributed by atoms with E-state index in [1.807, 2.05) is 0 Å². The van der Waals surface area contributed by atoms with Crippen LogP contribution in [0.15, 0.2) is 0 Å². The molecule has 0 saturated heterocycles. The van der Waals surface area contributed by atoms with Gasteiger partial charge in [-0.2, -0.15) is 0 Å². The maximum absolute atomic E-state index is 2.71. The van der Waals surface area contributed by atoms with Gasteiger partial charge in [-0.1, -0.05) is 0 Å². The standard InChI is InChI=1S/2C37H81Si3.Eu/c2*1-10-19-28-38(29-20-11-2,30-21-12-3)37(39(31-22-13-4,32-23-14-5)33-24-15-6)40(34-25-16-7,35-26-17-8)36-27-18-9;/h2*10-36H2,1-9H3;/q;;+1. The molecule has 0 unspecified atom stereocenters.